The molecule has 1 aromatic rings. The van der Waals surface area contributed by atoms with Crippen molar-refractivity contribution < 1.29 is 13.7 Å². The molecule has 0 aliphatic heterocycles. The summed E-state index contributed by atoms with van der Waals surface area (Å²) in [5.41, 5.74) is 5.13. The van der Waals surface area contributed by atoms with Crippen molar-refractivity contribution in [1.82, 2.24) is 4.98 Å². The van der Waals surface area contributed by atoms with Crippen molar-refractivity contribution in [3.63, 3.8) is 0 Å². The van der Waals surface area contributed by atoms with E-state index in [1.165, 1.54) is 13.8 Å². The van der Waals surface area contributed by atoms with Crippen molar-refractivity contribution in [2.24, 2.45) is 10.1 Å². The Morgan fingerprint density at radius 2 is 1.87 bits per heavy atom. The monoisotopic (exact) mass is 520 g/mol. The fraction of sp³-hybridized carbons (Fsp3) is 0.700. The van der Waals surface area contributed by atoms with E-state index in [1.807, 2.05) is 6.07 Å². The first kappa shape index (κ1) is 27.2. The summed E-state index contributed by atoms with van der Waals surface area (Å²) in [5.74, 6) is -0.696. The number of aromatic nitrogens is 1. The predicted octanol–water partition coefficient (Wildman–Crippen LogP) is 3.64. The van der Waals surface area contributed by atoms with Gasteiger partial charge in [0.05, 0.1) is 54.0 Å². The molecule has 0 aromatic carbocycles. The predicted molar refractivity (Wildman–Crippen MR) is 127 cm³/mol. The number of nitriles is 1. The summed E-state index contributed by atoms with van der Waals surface area (Å²) in [7, 11) is -5.30. The van der Waals surface area contributed by atoms with Gasteiger partial charge >= 0.3 is 0 Å². The van der Waals surface area contributed by atoms with E-state index in [1.54, 1.807) is 13.0 Å². The first-order valence-corrected chi connectivity index (χ1v) is 15.3. The molecule has 0 aliphatic rings. The molecule has 0 spiro atoms. The molecule has 0 saturated heterocycles. The number of halogens is 2. The van der Waals surface area contributed by atoms with Crippen molar-refractivity contribution >= 4 is 38.9 Å². The normalized spacial score (nSPS) is 16.4. The van der Waals surface area contributed by atoms with Gasteiger partial charge < -0.3 is 10.8 Å². The summed E-state index contributed by atoms with van der Waals surface area (Å²) in [5, 5.41) is 19.4. The Hall–Kier alpha value is -0.863. The molecule has 6 nitrogen and oxygen atoms in total. The molecule has 30 heavy (non-hydrogen) atoms. The van der Waals surface area contributed by atoms with Crippen molar-refractivity contribution in [1.29, 1.82) is 5.26 Å². The fourth-order valence-corrected chi connectivity index (χ4v) is 10.2. The van der Waals surface area contributed by atoms with Gasteiger partial charge in [0.25, 0.3) is 0 Å². The summed E-state index contributed by atoms with van der Waals surface area (Å²) in [6.07, 6.45) is 0. The lowest BCUT2D eigenvalue weighted by molar-refractivity contribution is 0.307. The fourth-order valence-electron chi connectivity index (χ4n) is 3.71. The molecule has 3 N–H and O–H groups in total. The zero-order valence-electron chi connectivity index (χ0n) is 18.8. The summed E-state index contributed by atoms with van der Waals surface area (Å²) in [4.78, 5) is 4.33. The molecule has 2 atom stereocenters. The second-order valence-corrected chi connectivity index (χ2v) is 17.3. The quantitative estimate of drug-likeness (QED) is 0.361. The van der Waals surface area contributed by atoms with Crippen LogP contribution in [0.4, 0.5) is 4.39 Å². The van der Waals surface area contributed by atoms with Crippen LogP contribution in [0.5, 0.6) is 0 Å². The minimum atomic E-state index is -3.21. The first-order valence-electron chi connectivity index (χ1n) is 10.2. The number of hydrogen-bond donors (Lipinski definition) is 2. The molecular weight excluding hydrogens is 487 g/mol. The summed E-state index contributed by atoms with van der Waals surface area (Å²) in [6.45, 7) is 10.5. The van der Waals surface area contributed by atoms with Gasteiger partial charge in [-0.2, -0.15) is 5.26 Å². The van der Waals surface area contributed by atoms with Crippen LogP contribution in [0, 0.1) is 17.1 Å². The Kier molecular flexibility index (Phi) is 9.21. The van der Waals surface area contributed by atoms with E-state index in [4.69, 9.17) is 10.8 Å². The number of aliphatic hydroxyl groups excluding tert-OH is 1. The maximum absolute atomic E-state index is 15.9. The van der Waals surface area contributed by atoms with E-state index in [9.17, 15) is 9.47 Å². The van der Waals surface area contributed by atoms with Gasteiger partial charge in [0.2, 0.25) is 0 Å². The van der Waals surface area contributed by atoms with Crippen LogP contribution in [0.2, 0.25) is 18.1 Å². The number of aliphatic hydroxyl groups is 1. The van der Waals surface area contributed by atoms with E-state index in [2.05, 4.69) is 46.0 Å². The third kappa shape index (κ3) is 5.30. The Labute approximate surface area is 189 Å². The number of rotatable bonds is 10. The van der Waals surface area contributed by atoms with E-state index < -0.39 is 33.9 Å². The zero-order valence-corrected chi connectivity index (χ0v) is 22.2. The number of nitrogens with zero attached hydrogens (tertiary/aromatic N) is 3. The highest BCUT2D eigenvalue weighted by Crippen LogP contribution is 2.31. The molecule has 0 radical (unpaired) electrons. The van der Waals surface area contributed by atoms with E-state index in [0.717, 1.165) is 18.1 Å². The van der Waals surface area contributed by atoms with Gasteiger partial charge in [0.15, 0.2) is 0 Å². The Morgan fingerprint density at radius 3 is 2.30 bits per heavy atom. The molecule has 170 valence electrons. The van der Waals surface area contributed by atoms with Gasteiger partial charge in [-0.25, -0.2) is 17.9 Å². The lowest BCUT2D eigenvalue weighted by Gasteiger charge is -2.34. The average Bonchev–Trinajstić information content (AvgIpc) is 2.69. The van der Waals surface area contributed by atoms with Crippen LogP contribution >= 0.6 is 15.9 Å². The molecule has 0 bridgehead atoms. The SMILES string of the molecule is CC[Si](CC)(CC)c1cc(Br)nc([C@@](C)(N)CS(=O)(=NCCO)C(C)(C)C#N)c1F. The van der Waals surface area contributed by atoms with Crippen LogP contribution in [-0.4, -0.2) is 46.0 Å². The third-order valence-corrected chi connectivity index (χ3v) is 15.3. The molecule has 10 heteroatoms. The van der Waals surface area contributed by atoms with Crippen LogP contribution < -0.4 is 10.9 Å². The molecule has 1 rings (SSSR count). The van der Waals surface area contributed by atoms with Gasteiger partial charge in [-0.1, -0.05) is 38.9 Å². The van der Waals surface area contributed by atoms with Crippen LogP contribution in [0.15, 0.2) is 15.0 Å². The maximum atomic E-state index is 15.9. The second-order valence-electron chi connectivity index (χ2n) is 8.40. The smallest absolute Gasteiger partial charge is 0.145 e. The molecule has 1 unspecified atom stereocenters. The number of pyridine rings is 1. The van der Waals surface area contributed by atoms with Gasteiger partial charge in [-0.05, 0) is 48.0 Å². The lowest BCUT2D eigenvalue weighted by atomic mass is 10.0. The molecular formula is C20H34BrFN4O2SSi. The van der Waals surface area contributed by atoms with Gasteiger partial charge in [0.1, 0.15) is 15.2 Å². The highest BCUT2D eigenvalue weighted by Gasteiger charge is 2.42. The number of hydrogen-bond acceptors (Lipinski definition) is 6. The van der Waals surface area contributed by atoms with Gasteiger partial charge in [0, 0.05) is 0 Å². The Bertz CT molecular complexity index is 912. The summed E-state index contributed by atoms with van der Waals surface area (Å²) >= 11 is 3.40. The van der Waals surface area contributed by atoms with E-state index >= 15 is 4.39 Å². The van der Waals surface area contributed by atoms with Crippen molar-refractivity contribution in [2.45, 2.75) is 70.0 Å². The van der Waals surface area contributed by atoms with Crippen LogP contribution in [-0.2, 0) is 15.3 Å². The molecule has 1 aromatic heterocycles. The van der Waals surface area contributed by atoms with E-state index in [-0.39, 0.29) is 24.6 Å². The number of nitrogens with two attached hydrogens (primary N) is 1. The zero-order chi connectivity index (χ0) is 23.4. The standard InChI is InChI=1S/C20H34BrFN4O2SSi/c1-7-30(8-2,9-3)15-12-16(21)26-18(17(15)22)20(6,24)14-29(28,25-10-11-27)19(4,5)13-23/h12,27H,7-11,14,24H2,1-6H3/t20-,29?/m0/s1. The molecule has 1 heterocycles. The van der Waals surface area contributed by atoms with Gasteiger partial charge in [-0.3, -0.25) is 0 Å². The van der Waals surface area contributed by atoms with Gasteiger partial charge in [-0.15, -0.1) is 0 Å². The first-order chi connectivity index (χ1) is 13.8. The third-order valence-electron chi connectivity index (χ3n) is 6.03. The Balaban J connectivity index is 3.72. The Morgan fingerprint density at radius 1 is 1.33 bits per heavy atom. The highest BCUT2D eigenvalue weighted by atomic mass is 79.9. The van der Waals surface area contributed by atoms with Crippen LogP contribution in [0.3, 0.4) is 0 Å². The summed E-state index contributed by atoms with van der Waals surface area (Å²) in [6, 6.07) is 6.45. The second kappa shape index (κ2) is 10.2. The minimum Gasteiger partial charge on any atom is -0.394 e. The summed E-state index contributed by atoms with van der Waals surface area (Å²) < 4.78 is 32.8. The van der Waals surface area contributed by atoms with Crippen molar-refractivity contribution in [2.75, 3.05) is 18.9 Å². The lowest BCUT2D eigenvalue weighted by Crippen LogP contribution is -2.51. The van der Waals surface area contributed by atoms with E-state index in [0.29, 0.717) is 9.79 Å². The maximum Gasteiger partial charge on any atom is 0.145 e. The van der Waals surface area contributed by atoms with Crippen LogP contribution in [0.1, 0.15) is 47.2 Å². The minimum absolute atomic E-state index is 0.0276. The van der Waals surface area contributed by atoms with Crippen molar-refractivity contribution in [3.05, 3.63) is 22.2 Å². The molecule has 0 saturated carbocycles. The van der Waals surface area contributed by atoms with Crippen LogP contribution in [0.25, 0.3) is 0 Å². The molecule has 0 fully saturated rings. The van der Waals surface area contributed by atoms with Crippen molar-refractivity contribution in [3.8, 4) is 6.07 Å². The highest BCUT2D eigenvalue weighted by molar-refractivity contribution is 9.10. The average molecular weight is 522 g/mol. The molecule has 0 amide bonds. The molecule has 0 aliphatic carbocycles. The largest absolute Gasteiger partial charge is 0.394 e. The topological polar surface area (TPSA) is 112 Å².